The topological polar surface area (TPSA) is 155 Å². The van der Waals surface area contributed by atoms with E-state index in [0.717, 1.165) is 5.56 Å². The molecule has 0 radical (unpaired) electrons. The number of urea groups is 1. The summed E-state index contributed by atoms with van der Waals surface area (Å²) in [5.41, 5.74) is 3.44. The number of hydrogen-bond acceptors (Lipinski definition) is 7. The van der Waals surface area contributed by atoms with Crippen LogP contribution in [0.2, 0.25) is 0 Å². The summed E-state index contributed by atoms with van der Waals surface area (Å²) in [7, 11) is 0. The van der Waals surface area contributed by atoms with Gasteiger partial charge in [-0.15, -0.1) is 0 Å². The molecule has 1 heterocycles. The predicted octanol–water partition coefficient (Wildman–Crippen LogP) is 4.48. The Labute approximate surface area is 253 Å². The van der Waals surface area contributed by atoms with E-state index in [0.29, 0.717) is 46.2 Å². The molecule has 0 unspecified atom stereocenters. The number of carboxylic acids is 1. The summed E-state index contributed by atoms with van der Waals surface area (Å²) < 4.78 is 10.7. The molecule has 0 aromatic heterocycles. The first-order valence-electron chi connectivity index (χ1n) is 13.6. The van der Waals surface area contributed by atoms with Gasteiger partial charge in [-0.1, -0.05) is 36.4 Å². The molecule has 1 aliphatic heterocycles. The Morgan fingerprint density at radius 1 is 0.930 bits per heavy atom. The Morgan fingerprint density at radius 2 is 1.67 bits per heavy atom. The maximum absolute atomic E-state index is 13.3. The smallest absolute Gasteiger partial charge is 0.323 e. The lowest BCUT2D eigenvalue weighted by Crippen LogP contribution is -2.48. The molecular formula is C31H34N4O7S. The van der Waals surface area contributed by atoms with Crippen molar-refractivity contribution in [1.82, 2.24) is 10.6 Å². The highest BCUT2D eigenvalue weighted by atomic mass is 32.2. The molecule has 0 fully saturated rings. The van der Waals surface area contributed by atoms with Crippen LogP contribution in [-0.4, -0.2) is 53.8 Å². The quantitative estimate of drug-likeness (QED) is 0.191. The van der Waals surface area contributed by atoms with Gasteiger partial charge in [0, 0.05) is 11.4 Å². The standard InChI is InChI=1S/C31H34N4O7S/c1-19-5-3-4-6-23(19)35-31(40)32-22-10-7-20(8-11-22)15-28(36)33-24(13-14-43-2)30(39)34-25(17-29(37)38)21-9-12-26-27(16-21)42-18-41-26/h3-12,16,24-25H,13-15,17-18H2,1-2H3,(H,33,36)(H,34,39)(H,37,38)(H2,32,35,40)/t24-,25-/m0/s1. The van der Waals surface area contributed by atoms with E-state index in [9.17, 15) is 24.3 Å². The molecule has 0 spiro atoms. The van der Waals surface area contributed by atoms with E-state index >= 15 is 0 Å². The zero-order chi connectivity index (χ0) is 30.8. The molecule has 3 aromatic rings. The lowest BCUT2D eigenvalue weighted by molar-refractivity contribution is -0.138. The molecule has 3 aromatic carbocycles. The van der Waals surface area contributed by atoms with Gasteiger partial charge < -0.3 is 35.8 Å². The Hall–Kier alpha value is -4.71. The fourth-order valence-electron chi connectivity index (χ4n) is 4.47. The number of ether oxygens (including phenoxy) is 2. The monoisotopic (exact) mass is 606 g/mol. The van der Waals surface area contributed by atoms with Crippen molar-refractivity contribution in [2.75, 3.05) is 29.4 Å². The third kappa shape index (κ3) is 9.14. The second-order valence-corrected chi connectivity index (χ2v) is 10.9. The highest BCUT2D eigenvalue weighted by Crippen LogP contribution is 2.35. The third-order valence-corrected chi connectivity index (χ3v) is 7.37. The maximum Gasteiger partial charge on any atom is 0.323 e. The van der Waals surface area contributed by atoms with Crippen LogP contribution in [0.5, 0.6) is 11.5 Å². The van der Waals surface area contributed by atoms with Crippen molar-refractivity contribution in [1.29, 1.82) is 0 Å². The number of hydrogen-bond donors (Lipinski definition) is 5. The van der Waals surface area contributed by atoms with Crippen LogP contribution in [0.3, 0.4) is 0 Å². The SMILES string of the molecule is CSCC[C@H](NC(=O)Cc1ccc(NC(=O)Nc2ccccc2C)cc1)C(=O)N[C@@H](CC(=O)O)c1ccc2c(c1)OCO2. The second-order valence-electron chi connectivity index (χ2n) is 9.94. The zero-order valence-electron chi connectivity index (χ0n) is 23.8. The molecule has 2 atom stereocenters. The van der Waals surface area contributed by atoms with Gasteiger partial charge in [-0.05, 0) is 72.4 Å². The number of thioether (sulfide) groups is 1. The van der Waals surface area contributed by atoms with Crippen LogP contribution in [0, 0.1) is 6.92 Å². The van der Waals surface area contributed by atoms with Crippen molar-refractivity contribution in [2.24, 2.45) is 0 Å². The van der Waals surface area contributed by atoms with E-state index in [2.05, 4.69) is 21.3 Å². The summed E-state index contributed by atoms with van der Waals surface area (Å²) in [5.74, 6) is -0.302. The number of benzene rings is 3. The average molecular weight is 607 g/mol. The Bertz CT molecular complexity index is 1460. The van der Waals surface area contributed by atoms with E-state index < -0.39 is 24.0 Å². The number of carbonyl (C=O) groups excluding carboxylic acids is 3. The van der Waals surface area contributed by atoms with E-state index in [4.69, 9.17) is 9.47 Å². The molecule has 226 valence electrons. The predicted molar refractivity (Wildman–Crippen MR) is 165 cm³/mol. The van der Waals surface area contributed by atoms with Crippen molar-refractivity contribution >= 4 is 47.0 Å². The van der Waals surface area contributed by atoms with Crippen LogP contribution >= 0.6 is 11.8 Å². The van der Waals surface area contributed by atoms with Crippen LogP contribution in [0.4, 0.5) is 16.2 Å². The fourth-order valence-corrected chi connectivity index (χ4v) is 4.94. The number of carboxylic acid groups (broad SMARTS) is 1. The summed E-state index contributed by atoms with van der Waals surface area (Å²) in [5, 5.41) is 20.6. The minimum Gasteiger partial charge on any atom is -0.481 e. The zero-order valence-corrected chi connectivity index (χ0v) is 24.7. The Kier molecular flexibility index (Phi) is 10.9. The van der Waals surface area contributed by atoms with Crippen LogP contribution in [-0.2, 0) is 20.8 Å². The number of nitrogens with one attached hydrogen (secondary N) is 4. The normalized spacial score (nSPS) is 13.0. The molecule has 43 heavy (non-hydrogen) atoms. The lowest BCUT2D eigenvalue weighted by atomic mass is 10.0. The molecule has 0 saturated carbocycles. The number of fused-ring (bicyclic) bond motifs is 1. The molecule has 4 amide bonds. The van der Waals surface area contributed by atoms with Gasteiger partial charge >= 0.3 is 12.0 Å². The largest absolute Gasteiger partial charge is 0.481 e. The van der Waals surface area contributed by atoms with Gasteiger partial charge in [-0.2, -0.15) is 11.8 Å². The number of rotatable bonds is 13. The molecule has 11 nitrogen and oxygen atoms in total. The number of para-hydroxylation sites is 1. The summed E-state index contributed by atoms with van der Waals surface area (Å²) in [6.07, 6.45) is 1.92. The summed E-state index contributed by atoms with van der Waals surface area (Å²) in [4.78, 5) is 50.2. The first-order valence-corrected chi connectivity index (χ1v) is 15.0. The van der Waals surface area contributed by atoms with Crippen LogP contribution in [0.25, 0.3) is 0 Å². The van der Waals surface area contributed by atoms with Crippen LogP contribution in [0.1, 0.15) is 35.6 Å². The number of carbonyl (C=O) groups is 4. The highest BCUT2D eigenvalue weighted by Gasteiger charge is 2.26. The van der Waals surface area contributed by atoms with Gasteiger partial charge in [0.25, 0.3) is 0 Å². The first kappa shape index (κ1) is 31.2. The number of aliphatic carboxylic acids is 1. The molecule has 5 N–H and O–H groups in total. The van der Waals surface area contributed by atoms with Crippen molar-refractivity contribution in [3.05, 3.63) is 83.4 Å². The summed E-state index contributed by atoms with van der Waals surface area (Å²) in [6, 6.07) is 17.2. The Balaban J connectivity index is 1.35. The van der Waals surface area contributed by atoms with Crippen molar-refractivity contribution in [3.63, 3.8) is 0 Å². The maximum atomic E-state index is 13.3. The average Bonchev–Trinajstić information content (AvgIpc) is 3.45. The van der Waals surface area contributed by atoms with Gasteiger partial charge in [0.05, 0.1) is 18.9 Å². The van der Waals surface area contributed by atoms with Gasteiger partial charge in [-0.3, -0.25) is 14.4 Å². The molecule has 0 bridgehead atoms. The van der Waals surface area contributed by atoms with E-state index in [1.165, 1.54) is 11.8 Å². The number of amides is 4. The number of anilines is 2. The van der Waals surface area contributed by atoms with Gasteiger partial charge in [0.2, 0.25) is 18.6 Å². The molecule has 0 saturated heterocycles. The fraction of sp³-hybridized carbons (Fsp3) is 0.290. The summed E-state index contributed by atoms with van der Waals surface area (Å²) in [6.45, 7) is 1.97. The van der Waals surface area contributed by atoms with Gasteiger partial charge in [0.1, 0.15) is 6.04 Å². The molecule has 4 rings (SSSR count). The second kappa shape index (κ2) is 15.0. The van der Waals surface area contributed by atoms with Crippen molar-refractivity contribution in [3.8, 4) is 11.5 Å². The lowest BCUT2D eigenvalue weighted by Gasteiger charge is -2.23. The molecule has 1 aliphatic rings. The van der Waals surface area contributed by atoms with E-state index in [1.54, 1.807) is 42.5 Å². The van der Waals surface area contributed by atoms with E-state index in [-0.39, 0.29) is 31.6 Å². The minimum atomic E-state index is -1.08. The highest BCUT2D eigenvalue weighted by molar-refractivity contribution is 7.98. The summed E-state index contributed by atoms with van der Waals surface area (Å²) >= 11 is 1.53. The molecule has 12 heteroatoms. The van der Waals surface area contributed by atoms with Crippen LogP contribution < -0.4 is 30.7 Å². The number of aryl methyl sites for hydroxylation is 1. The van der Waals surface area contributed by atoms with Gasteiger partial charge in [-0.25, -0.2) is 4.79 Å². The van der Waals surface area contributed by atoms with Crippen molar-refractivity contribution in [2.45, 2.75) is 38.3 Å². The molecular weight excluding hydrogens is 572 g/mol. The van der Waals surface area contributed by atoms with E-state index in [1.807, 2.05) is 37.4 Å². The molecule has 0 aliphatic carbocycles. The van der Waals surface area contributed by atoms with Crippen LogP contribution in [0.15, 0.2) is 66.7 Å². The minimum absolute atomic E-state index is 0.0133. The Morgan fingerprint density at radius 3 is 2.40 bits per heavy atom. The third-order valence-electron chi connectivity index (χ3n) is 6.73. The van der Waals surface area contributed by atoms with Crippen molar-refractivity contribution < 1.29 is 33.8 Å². The first-order chi connectivity index (χ1) is 20.7. The van der Waals surface area contributed by atoms with Gasteiger partial charge in [0.15, 0.2) is 11.5 Å².